The predicted molar refractivity (Wildman–Crippen MR) is 93.9 cm³/mol. The highest BCUT2D eigenvalue weighted by Crippen LogP contribution is 2.29. The molecule has 0 saturated heterocycles. The summed E-state index contributed by atoms with van der Waals surface area (Å²) in [5.74, 6) is -0.221. The predicted octanol–water partition coefficient (Wildman–Crippen LogP) is 3.09. The quantitative estimate of drug-likeness (QED) is 0.944. The molecule has 1 aliphatic rings. The van der Waals surface area contributed by atoms with Crippen molar-refractivity contribution in [3.8, 4) is 0 Å². The van der Waals surface area contributed by atoms with Crippen LogP contribution in [0.3, 0.4) is 0 Å². The van der Waals surface area contributed by atoms with Crippen LogP contribution in [0.25, 0.3) is 0 Å². The largest absolute Gasteiger partial charge is 0.323 e. The summed E-state index contributed by atoms with van der Waals surface area (Å²) in [6.07, 6.45) is 5.43. The molecule has 0 aliphatic carbocycles. The van der Waals surface area contributed by atoms with Crippen LogP contribution in [0.5, 0.6) is 0 Å². The minimum absolute atomic E-state index is 0.00879. The van der Waals surface area contributed by atoms with Gasteiger partial charge in [-0.3, -0.25) is 19.5 Å². The van der Waals surface area contributed by atoms with E-state index in [-0.39, 0.29) is 11.8 Å². The monoisotopic (exact) mass is 323 g/mol. The van der Waals surface area contributed by atoms with Crippen molar-refractivity contribution >= 4 is 23.2 Å². The molecule has 0 bridgehead atoms. The molecule has 1 aromatic carbocycles. The third-order valence-electron chi connectivity index (χ3n) is 4.42. The average molecular weight is 323 g/mol. The number of aromatic nitrogens is 1. The van der Waals surface area contributed by atoms with E-state index in [1.807, 2.05) is 37.3 Å². The Bertz CT molecular complexity index is 773. The fourth-order valence-electron chi connectivity index (χ4n) is 3.02. The zero-order chi connectivity index (χ0) is 17.1. The first-order chi connectivity index (χ1) is 11.6. The molecule has 0 fully saturated rings. The third kappa shape index (κ3) is 3.15. The molecule has 0 unspecified atom stereocenters. The van der Waals surface area contributed by atoms with Gasteiger partial charge in [0, 0.05) is 18.3 Å². The van der Waals surface area contributed by atoms with Gasteiger partial charge >= 0.3 is 0 Å². The van der Waals surface area contributed by atoms with Crippen molar-refractivity contribution in [2.45, 2.75) is 39.2 Å². The van der Waals surface area contributed by atoms with Crippen LogP contribution in [0.2, 0.25) is 0 Å². The van der Waals surface area contributed by atoms with Gasteiger partial charge in [0.15, 0.2) is 0 Å². The topological polar surface area (TPSA) is 62.3 Å². The Morgan fingerprint density at radius 3 is 2.83 bits per heavy atom. The highest BCUT2D eigenvalue weighted by atomic mass is 16.2. The van der Waals surface area contributed by atoms with Crippen molar-refractivity contribution in [1.29, 1.82) is 0 Å². The summed E-state index contributed by atoms with van der Waals surface area (Å²) in [4.78, 5) is 30.9. The molecule has 24 heavy (non-hydrogen) atoms. The van der Waals surface area contributed by atoms with Gasteiger partial charge in [0.2, 0.25) is 11.8 Å². The number of para-hydroxylation sites is 1. The van der Waals surface area contributed by atoms with E-state index in [1.165, 1.54) is 0 Å². The second-order valence-electron chi connectivity index (χ2n) is 6.10. The molecule has 5 heteroatoms. The summed E-state index contributed by atoms with van der Waals surface area (Å²) in [6, 6.07) is 9.06. The molecule has 124 valence electrons. The number of carbonyl (C=O) groups is 2. The van der Waals surface area contributed by atoms with Crippen LogP contribution >= 0.6 is 0 Å². The van der Waals surface area contributed by atoms with E-state index in [1.54, 1.807) is 24.2 Å². The fraction of sp³-hybridized carbons (Fsp3) is 0.316. The second-order valence-corrected chi connectivity index (χ2v) is 6.10. The smallest absolute Gasteiger partial charge is 0.247 e. The van der Waals surface area contributed by atoms with Crippen molar-refractivity contribution in [3.05, 3.63) is 53.9 Å². The number of anilines is 2. The molecule has 3 rings (SSSR count). The van der Waals surface area contributed by atoms with Crippen LogP contribution in [-0.2, 0) is 16.0 Å². The summed E-state index contributed by atoms with van der Waals surface area (Å²) in [6.45, 7) is 3.68. The summed E-state index contributed by atoms with van der Waals surface area (Å²) >= 11 is 0. The zero-order valence-corrected chi connectivity index (χ0v) is 14.0. The second kappa shape index (κ2) is 6.83. The summed E-state index contributed by atoms with van der Waals surface area (Å²) in [5, 5.41) is 2.88. The molecule has 0 spiro atoms. The minimum atomic E-state index is -0.587. The number of benzene rings is 1. The number of rotatable bonds is 3. The van der Waals surface area contributed by atoms with E-state index < -0.39 is 6.04 Å². The molecule has 1 aromatic heterocycles. The van der Waals surface area contributed by atoms with Crippen LogP contribution < -0.4 is 10.2 Å². The number of carbonyl (C=O) groups excluding carboxylic acids is 2. The Labute approximate surface area is 141 Å². The molecule has 0 saturated carbocycles. The Morgan fingerprint density at radius 2 is 2.04 bits per heavy atom. The third-order valence-corrected chi connectivity index (χ3v) is 4.42. The number of nitrogens with one attached hydrogen (secondary N) is 1. The Kier molecular flexibility index (Phi) is 4.60. The number of aryl methyl sites for hydroxylation is 2. The molecule has 1 aliphatic heterocycles. The summed E-state index contributed by atoms with van der Waals surface area (Å²) in [5.41, 5.74) is 3.56. The Morgan fingerprint density at radius 1 is 1.25 bits per heavy atom. The fourth-order valence-corrected chi connectivity index (χ4v) is 3.02. The molecule has 1 atom stereocenters. The van der Waals surface area contributed by atoms with E-state index in [4.69, 9.17) is 0 Å². The number of nitrogens with zero attached hydrogens (tertiary/aromatic N) is 2. The van der Waals surface area contributed by atoms with E-state index in [2.05, 4.69) is 10.3 Å². The number of pyridine rings is 1. The maximum Gasteiger partial charge on any atom is 0.247 e. The number of hydrogen-bond acceptors (Lipinski definition) is 3. The van der Waals surface area contributed by atoms with Gasteiger partial charge in [-0.05, 0) is 49.9 Å². The van der Waals surface area contributed by atoms with Crippen molar-refractivity contribution < 1.29 is 9.59 Å². The van der Waals surface area contributed by atoms with E-state index in [0.717, 1.165) is 29.7 Å². The lowest BCUT2D eigenvalue weighted by Crippen LogP contribution is -2.45. The van der Waals surface area contributed by atoms with Crippen molar-refractivity contribution in [1.82, 2.24) is 4.98 Å². The van der Waals surface area contributed by atoms with E-state index >= 15 is 0 Å². The lowest BCUT2D eigenvalue weighted by Gasteiger charge is -2.29. The molecule has 5 nitrogen and oxygen atoms in total. The Hall–Kier alpha value is -2.69. The van der Waals surface area contributed by atoms with Gasteiger partial charge in [-0.25, -0.2) is 0 Å². The van der Waals surface area contributed by atoms with Crippen LogP contribution in [0, 0.1) is 6.92 Å². The van der Waals surface area contributed by atoms with Gasteiger partial charge in [0.25, 0.3) is 0 Å². The lowest BCUT2D eigenvalue weighted by atomic mass is 10.1. The van der Waals surface area contributed by atoms with Gasteiger partial charge in [0.1, 0.15) is 6.04 Å². The van der Waals surface area contributed by atoms with Crippen LogP contribution in [0.4, 0.5) is 11.4 Å². The zero-order valence-electron chi connectivity index (χ0n) is 14.0. The number of amides is 2. The standard InChI is InChI=1S/C19H21N3O2/c1-13-10-11-20-12-16(13)21-19(24)14(2)22-17-8-4-3-6-15(17)7-5-9-18(22)23/h3-4,6,8,10-12,14H,5,7,9H2,1-2H3,(H,21,24)/t14-/m0/s1. The van der Waals surface area contributed by atoms with Gasteiger partial charge in [-0.15, -0.1) is 0 Å². The van der Waals surface area contributed by atoms with Crippen molar-refractivity contribution in [2.24, 2.45) is 0 Å². The van der Waals surface area contributed by atoms with Gasteiger partial charge in [0.05, 0.1) is 11.9 Å². The lowest BCUT2D eigenvalue weighted by molar-refractivity contribution is -0.123. The molecular formula is C19H21N3O2. The molecule has 2 heterocycles. The van der Waals surface area contributed by atoms with Crippen molar-refractivity contribution in [2.75, 3.05) is 10.2 Å². The normalized spacial score (nSPS) is 15.4. The van der Waals surface area contributed by atoms with Crippen LogP contribution in [-0.4, -0.2) is 22.8 Å². The first-order valence-electron chi connectivity index (χ1n) is 8.19. The first-order valence-corrected chi connectivity index (χ1v) is 8.19. The molecule has 0 radical (unpaired) electrons. The number of fused-ring (bicyclic) bond motifs is 1. The van der Waals surface area contributed by atoms with Gasteiger partial charge in [-0.2, -0.15) is 0 Å². The SMILES string of the molecule is Cc1ccncc1NC(=O)[C@H](C)N1C(=O)CCCc2ccccc21. The van der Waals surface area contributed by atoms with Gasteiger partial charge in [-0.1, -0.05) is 18.2 Å². The van der Waals surface area contributed by atoms with E-state index in [9.17, 15) is 9.59 Å². The maximum atomic E-state index is 12.7. The molecule has 1 N–H and O–H groups in total. The minimum Gasteiger partial charge on any atom is -0.323 e. The molecule has 2 amide bonds. The maximum absolute atomic E-state index is 12.7. The first kappa shape index (κ1) is 16.2. The van der Waals surface area contributed by atoms with E-state index in [0.29, 0.717) is 12.1 Å². The van der Waals surface area contributed by atoms with Crippen LogP contribution in [0.1, 0.15) is 30.9 Å². The number of hydrogen-bond donors (Lipinski definition) is 1. The molecular weight excluding hydrogens is 302 g/mol. The van der Waals surface area contributed by atoms with Crippen LogP contribution in [0.15, 0.2) is 42.7 Å². The van der Waals surface area contributed by atoms with Crippen molar-refractivity contribution in [3.63, 3.8) is 0 Å². The Balaban J connectivity index is 1.88. The highest BCUT2D eigenvalue weighted by Gasteiger charge is 2.30. The highest BCUT2D eigenvalue weighted by molar-refractivity contribution is 6.05. The summed E-state index contributed by atoms with van der Waals surface area (Å²) < 4.78 is 0. The van der Waals surface area contributed by atoms with Gasteiger partial charge < -0.3 is 5.32 Å². The molecule has 2 aromatic rings. The summed E-state index contributed by atoms with van der Waals surface area (Å²) in [7, 11) is 0. The average Bonchev–Trinajstić information content (AvgIpc) is 2.74.